The molecule has 1 N–H and O–H groups in total. The average Bonchev–Trinajstić information content (AvgIpc) is 3.50. The van der Waals surface area contributed by atoms with E-state index in [1.165, 1.54) is 6.26 Å². The number of benzene rings is 1. The lowest BCUT2D eigenvalue weighted by Crippen LogP contribution is -2.39. The molecule has 180 valence electrons. The number of likely N-dealkylation sites (tertiary alicyclic amines) is 1. The van der Waals surface area contributed by atoms with Crippen LogP contribution in [-0.2, 0) is 9.53 Å². The Labute approximate surface area is 203 Å². The van der Waals surface area contributed by atoms with Crippen molar-refractivity contribution in [2.75, 3.05) is 32.1 Å². The number of esters is 1. The molecule has 8 heteroatoms. The van der Waals surface area contributed by atoms with Gasteiger partial charge in [0.1, 0.15) is 10.8 Å². The van der Waals surface area contributed by atoms with E-state index in [1.807, 2.05) is 32.0 Å². The molecule has 1 aliphatic rings. The summed E-state index contributed by atoms with van der Waals surface area (Å²) >= 11 is 1.54. The summed E-state index contributed by atoms with van der Waals surface area (Å²) < 4.78 is 16.0. The van der Waals surface area contributed by atoms with Gasteiger partial charge in [-0.2, -0.15) is 0 Å². The van der Waals surface area contributed by atoms with Gasteiger partial charge in [0.2, 0.25) is 0 Å². The third-order valence-electron chi connectivity index (χ3n) is 6.07. The Morgan fingerprint density at radius 3 is 2.68 bits per heavy atom. The largest absolute Gasteiger partial charge is 0.497 e. The average molecular weight is 483 g/mol. The Balaban J connectivity index is 1.66. The number of nitrogens with zero attached hydrogens (tertiary/aromatic N) is 1. The molecule has 1 aromatic carbocycles. The van der Waals surface area contributed by atoms with E-state index in [-0.39, 0.29) is 29.6 Å². The van der Waals surface area contributed by atoms with Gasteiger partial charge >= 0.3 is 5.97 Å². The molecule has 0 radical (unpaired) electrons. The van der Waals surface area contributed by atoms with Crippen LogP contribution in [0, 0.1) is 12.8 Å². The smallest absolute Gasteiger partial charge is 0.309 e. The number of anilines is 1. The van der Waals surface area contributed by atoms with Gasteiger partial charge in [0, 0.05) is 10.4 Å². The van der Waals surface area contributed by atoms with Crippen molar-refractivity contribution in [2.24, 2.45) is 5.92 Å². The summed E-state index contributed by atoms with van der Waals surface area (Å²) in [5.41, 5.74) is 2.09. The molecule has 34 heavy (non-hydrogen) atoms. The second-order valence-electron chi connectivity index (χ2n) is 8.31. The van der Waals surface area contributed by atoms with E-state index < -0.39 is 0 Å². The lowest BCUT2D eigenvalue weighted by molar-refractivity contribution is -0.149. The third-order valence-corrected chi connectivity index (χ3v) is 7.06. The first-order valence-corrected chi connectivity index (χ1v) is 12.3. The Bertz CT molecular complexity index is 1120. The number of thiophene rings is 1. The molecule has 1 saturated heterocycles. The van der Waals surface area contributed by atoms with Gasteiger partial charge in [-0.15, -0.1) is 11.3 Å². The molecular formula is C26H30N2O5S. The van der Waals surface area contributed by atoms with Gasteiger partial charge < -0.3 is 19.2 Å². The lowest BCUT2D eigenvalue weighted by atomic mass is 9.91. The molecule has 0 aliphatic carbocycles. The molecule has 3 heterocycles. The number of carbonyl (C=O) groups excluding carboxylic acids is 2. The molecule has 1 unspecified atom stereocenters. The Morgan fingerprint density at radius 2 is 2.00 bits per heavy atom. The maximum atomic E-state index is 12.8. The van der Waals surface area contributed by atoms with Crippen molar-refractivity contribution in [3.8, 4) is 5.75 Å². The highest BCUT2D eigenvalue weighted by Gasteiger charge is 2.33. The van der Waals surface area contributed by atoms with Crippen molar-refractivity contribution in [1.29, 1.82) is 0 Å². The SMILES string of the molecule is CCOC(=O)C1CCN(C(c2cccc(OC)c2)c2cc(C)sc2NC(=O)c2ccco2)CC1. The topological polar surface area (TPSA) is 81.0 Å². The summed E-state index contributed by atoms with van der Waals surface area (Å²) in [6, 6.07) is 13.4. The Kier molecular flexibility index (Phi) is 7.70. The number of nitrogens with one attached hydrogen (secondary N) is 1. The van der Waals surface area contributed by atoms with Crippen LogP contribution < -0.4 is 10.1 Å². The fraction of sp³-hybridized carbons (Fsp3) is 0.385. The first-order valence-electron chi connectivity index (χ1n) is 11.5. The number of hydrogen-bond donors (Lipinski definition) is 1. The minimum Gasteiger partial charge on any atom is -0.497 e. The summed E-state index contributed by atoms with van der Waals surface area (Å²) in [5, 5.41) is 3.84. The van der Waals surface area contributed by atoms with Crippen LogP contribution in [0.2, 0.25) is 0 Å². The normalized spacial score (nSPS) is 15.6. The standard InChI is InChI=1S/C26H30N2O5S/c1-4-32-26(30)18-10-12-28(13-11-18)23(19-7-5-8-20(16-19)31-3)21-15-17(2)34-25(21)27-24(29)22-9-6-14-33-22/h5-9,14-16,18,23H,4,10-13H2,1-3H3,(H,27,29). The fourth-order valence-electron chi connectivity index (χ4n) is 4.46. The molecule has 2 aromatic heterocycles. The van der Waals surface area contributed by atoms with Gasteiger partial charge in [0.15, 0.2) is 5.76 Å². The highest BCUT2D eigenvalue weighted by molar-refractivity contribution is 7.16. The zero-order valence-electron chi connectivity index (χ0n) is 19.7. The van der Waals surface area contributed by atoms with E-state index in [0.29, 0.717) is 6.61 Å². The lowest BCUT2D eigenvalue weighted by Gasteiger charge is -2.37. The Hall–Kier alpha value is -3.10. The molecule has 1 atom stereocenters. The van der Waals surface area contributed by atoms with Crippen molar-refractivity contribution in [2.45, 2.75) is 32.7 Å². The van der Waals surface area contributed by atoms with Gasteiger partial charge in [-0.25, -0.2) is 0 Å². The van der Waals surface area contributed by atoms with Crippen molar-refractivity contribution >= 4 is 28.2 Å². The summed E-state index contributed by atoms with van der Waals surface area (Å²) in [5.74, 6) is 0.572. The molecule has 1 aliphatic heterocycles. The van der Waals surface area contributed by atoms with Crippen molar-refractivity contribution < 1.29 is 23.5 Å². The molecule has 1 fully saturated rings. The first kappa shape index (κ1) is 24.0. The summed E-state index contributed by atoms with van der Waals surface area (Å²) in [4.78, 5) is 28.5. The van der Waals surface area contributed by atoms with Gasteiger partial charge in [-0.1, -0.05) is 12.1 Å². The van der Waals surface area contributed by atoms with Crippen molar-refractivity contribution in [3.63, 3.8) is 0 Å². The number of carbonyl (C=O) groups is 2. The third kappa shape index (κ3) is 5.34. The van der Waals surface area contributed by atoms with Crippen LogP contribution in [0.15, 0.2) is 53.1 Å². The predicted octanol–water partition coefficient (Wildman–Crippen LogP) is 5.27. The number of methoxy groups -OCH3 is 1. The van der Waals surface area contributed by atoms with Gasteiger partial charge in [0.25, 0.3) is 5.91 Å². The maximum absolute atomic E-state index is 12.8. The molecule has 1 amide bonds. The number of amides is 1. The molecule has 3 aromatic rings. The van der Waals surface area contributed by atoms with Gasteiger partial charge in [-0.3, -0.25) is 14.5 Å². The van der Waals surface area contributed by atoms with Crippen LogP contribution in [0.25, 0.3) is 0 Å². The zero-order valence-corrected chi connectivity index (χ0v) is 20.5. The van der Waals surface area contributed by atoms with Crippen LogP contribution in [0.3, 0.4) is 0 Å². The number of hydrogen-bond acceptors (Lipinski definition) is 7. The summed E-state index contributed by atoms with van der Waals surface area (Å²) in [6.45, 7) is 5.76. The van der Waals surface area contributed by atoms with Crippen LogP contribution in [0.5, 0.6) is 5.75 Å². The Morgan fingerprint density at radius 1 is 1.21 bits per heavy atom. The van der Waals surface area contributed by atoms with Crippen LogP contribution >= 0.6 is 11.3 Å². The number of furan rings is 1. The molecule has 0 spiro atoms. The molecule has 0 saturated carbocycles. The first-order chi connectivity index (χ1) is 16.5. The van der Waals surface area contributed by atoms with E-state index in [4.69, 9.17) is 13.9 Å². The highest BCUT2D eigenvalue weighted by Crippen LogP contribution is 2.41. The van der Waals surface area contributed by atoms with Crippen LogP contribution in [0.1, 0.15) is 52.4 Å². The zero-order chi connectivity index (χ0) is 24.1. The summed E-state index contributed by atoms with van der Waals surface area (Å²) in [7, 11) is 1.66. The van der Waals surface area contributed by atoms with E-state index in [9.17, 15) is 9.59 Å². The summed E-state index contributed by atoms with van der Waals surface area (Å²) in [6.07, 6.45) is 2.95. The minimum atomic E-state index is -0.279. The molecule has 4 rings (SSSR count). The highest BCUT2D eigenvalue weighted by atomic mass is 32.1. The van der Waals surface area contributed by atoms with Crippen molar-refractivity contribution in [3.05, 3.63) is 70.5 Å². The number of piperidine rings is 1. The molecule has 7 nitrogen and oxygen atoms in total. The van der Waals surface area contributed by atoms with E-state index >= 15 is 0 Å². The van der Waals surface area contributed by atoms with Gasteiger partial charge in [-0.05, 0) is 75.7 Å². The van der Waals surface area contributed by atoms with E-state index in [2.05, 4.69) is 22.3 Å². The number of aryl methyl sites for hydroxylation is 1. The van der Waals surface area contributed by atoms with Gasteiger partial charge in [0.05, 0.1) is 31.9 Å². The molecule has 0 bridgehead atoms. The van der Waals surface area contributed by atoms with Crippen LogP contribution in [-0.4, -0.2) is 43.6 Å². The second kappa shape index (κ2) is 10.9. The van der Waals surface area contributed by atoms with E-state index in [0.717, 1.165) is 52.7 Å². The van der Waals surface area contributed by atoms with Crippen molar-refractivity contribution in [1.82, 2.24) is 4.90 Å². The second-order valence-corrected chi connectivity index (χ2v) is 9.57. The quantitative estimate of drug-likeness (QED) is 0.440. The monoisotopic (exact) mass is 482 g/mol. The molecular weight excluding hydrogens is 452 g/mol. The fourth-order valence-corrected chi connectivity index (χ4v) is 5.40. The predicted molar refractivity (Wildman–Crippen MR) is 131 cm³/mol. The van der Waals surface area contributed by atoms with Crippen LogP contribution in [0.4, 0.5) is 5.00 Å². The maximum Gasteiger partial charge on any atom is 0.309 e. The number of ether oxygens (including phenoxy) is 2. The minimum absolute atomic E-state index is 0.0792. The number of rotatable bonds is 8. The van der Waals surface area contributed by atoms with E-state index in [1.54, 1.807) is 30.6 Å².